The average Bonchev–Trinajstić information content (AvgIpc) is 2.32. The van der Waals surface area contributed by atoms with Crippen molar-refractivity contribution in [2.45, 2.75) is 19.4 Å². The number of aliphatic hydroxyl groups is 1. The fourth-order valence-electron chi connectivity index (χ4n) is 2.19. The fourth-order valence-corrected chi connectivity index (χ4v) is 2.19. The van der Waals surface area contributed by atoms with Crippen molar-refractivity contribution in [3.05, 3.63) is 59.7 Å². The Balaban J connectivity index is 2.29. The Morgan fingerprint density at radius 1 is 1.35 bits per heavy atom. The largest absolute Gasteiger partial charge is 0.388 e. The second kappa shape index (κ2) is 4.68. The van der Waals surface area contributed by atoms with Crippen LogP contribution in [0.15, 0.2) is 48.6 Å². The smallest absolute Gasteiger partial charge is 0.156 e. The molecule has 0 bridgehead atoms. The molecule has 2 heteroatoms. The Hall–Kier alpha value is -1.67. The lowest BCUT2D eigenvalue weighted by Crippen LogP contribution is -2.20. The molecule has 1 N–H and O–H groups in total. The van der Waals surface area contributed by atoms with E-state index in [2.05, 4.69) is 6.58 Å². The van der Waals surface area contributed by atoms with Gasteiger partial charge in [-0.2, -0.15) is 0 Å². The second-order valence-corrected chi connectivity index (χ2v) is 4.49. The first-order chi connectivity index (χ1) is 8.09. The van der Waals surface area contributed by atoms with Crippen LogP contribution in [0.1, 0.15) is 23.7 Å². The molecule has 0 saturated heterocycles. The van der Waals surface area contributed by atoms with Crippen LogP contribution in [0, 0.1) is 12.8 Å². The number of carbonyl (C=O) groups is 1. The minimum absolute atomic E-state index is 0.0510. The SMILES string of the molecule is C=C1C=CC(=O)C[C@@H]1[C@H](O)c1ccccc1C. The first-order valence-corrected chi connectivity index (χ1v) is 5.73. The van der Waals surface area contributed by atoms with E-state index in [1.807, 2.05) is 31.2 Å². The van der Waals surface area contributed by atoms with Crippen LogP contribution in [-0.4, -0.2) is 10.9 Å². The summed E-state index contributed by atoms with van der Waals surface area (Å²) in [6.45, 7) is 5.87. The third kappa shape index (κ3) is 2.37. The molecule has 88 valence electrons. The zero-order chi connectivity index (χ0) is 12.4. The number of aryl methyl sites for hydroxylation is 1. The average molecular weight is 228 g/mol. The van der Waals surface area contributed by atoms with Crippen molar-refractivity contribution < 1.29 is 9.90 Å². The van der Waals surface area contributed by atoms with E-state index >= 15 is 0 Å². The predicted octanol–water partition coefficient (Wildman–Crippen LogP) is 2.73. The Bertz CT molecular complexity index is 485. The molecule has 1 aliphatic rings. The van der Waals surface area contributed by atoms with E-state index in [4.69, 9.17) is 0 Å². The Morgan fingerprint density at radius 2 is 2.06 bits per heavy atom. The minimum atomic E-state index is -0.655. The highest BCUT2D eigenvalue weighted by atomic mass is 16.3. The number of aliphatic hydroxyl groups excluding tert-OH is 1. The fraction of sp³-hybridized carbons (Fsp3) is 0.267. The molecule has 2 atom stereocenters. The van der Waals surface area contributed by atoms with Gasteiger partial charge in [0.25, 0.3) is 0 Å². The van der Waals surface area contributed by atoms with E-state index in [1.165, 1.54) is 6.08 Å². The molecule has 17 heavy (non-hydrogen) atoms. The van der Waals surface area contributed by atoms with Gasteiger partial charge in [0.2, 0.25) is 0 Å². The molecule has 0 unspecified atom stereocenters. The van der Waals surface area contributed by atoms with Crippen molar-refractivity contribution in [3.8, 4) is 0 Å². The molecule has 1 aromatic rings. The summed E-state index contributed by atoms with van der Waals surface area (Å²) >= 11 is 0. The maximum Gasteiger partial charge on any atom is 0.156 e. The highest BCUT2D eigenvalue weighted by Gasteiger charge is 2.27. The van der Waals surface area contributed by atoms with Gasteiger partial charge in [-0.3, -0.25) is 4.79 Å². The number of benzene rings is 1. The van der Waals surface area contributed by atoms with Gasteiger partial charge in [-0.25, -0.2) is 0 Å². The normalized spacial score (nSPS) is 21.6. The van der Waals surface area contributed by atoms with Crippen LogP contribution < -0.4 is 0 Å². The maximum absolute atomic E-state index is 11.4. The van der Waals surface area contributed by atoms with E-state index in [0.29, 0.717) is 6.42 Å². The number of carbonyl (C=O) groups excluding carboxylic acids is 1. The Kier molecular flexibility index (Phi) is 3.25. The second-order valence-electron chi connectivity index (χ2n) is 4.49. The molecule has 1 aliphatic carbocycles. The summed E-state index contributed by atoms with van der Waals surface area (Å²) in [6, 6.07) is 7.69. The highest BCUT2D eigenvalue weighted by Crippen LogP contribution is 2.34. The van der Waals surface area contributed by atoms with Crippen molar-refractivity contribution in [1.29, 1.82) is 0 Å². The number of ketones is 1. The van der Waals surface area contributed by atoms with E-state index in [1.54, 1.807) is 6.08 Å². The molecule has 0 aliphatic heterocycles. The summed E-state index contributed by atoms with van der Waals surface area (Å²) in [5.74, 6) is -0.149. The van der Waals surface area contributed by atoms with Crippen molar-refractivity contribution in [2.75, 3.05) is 0 Å². The first kappa shape index (κ1) is 11.8. The Morgan fingerprint density at radius 3 is 2.76 bits per heavy atom. The van der Waals surface area contributed by atoms with Gasteiger partial charge in [-0.05, 0) is 29.7 Å². The molecule has 0 amide bonds. The monoisotopic (exact) mass is 228 g/mol. The van der Waals surface area contributed by atoms with Crippen LogP contribution in [0.4, 0.5) is 0 Å². The number of allylic oxidation sites excluding steroid dienone is 2. The van der Waals surface area contributed by atoms with Crippen molar-refractivity contribution in [2.24, 2.45) is 5.92 Å². The lowest BCUT2D eigenvalue weighted by atomic mass is 9.81. The molecule has 0 radical (unpaired) electrons. The molecule has 2 nitrogen and oxygen atoms in total. The number of hydrogen-bond donors (Lipinski definition) is 1. The van der Waals surface area contributed by atoms with Gasteiger partial charge in [0.15, 0.2) is 5.78 Å². The summed E-state index contributed by atoms with van der Waals surface area (Å²) in [5.41, 5.74) is 2.73. The lowest BCUT2D eigenvalue weighted by Gasteiger charge is -2.26. The van der Waals surface area contributed by atoms with Crippen LogP contribution in [0.5, 0.6) is 0 Å². The zero-order valence-corrected chi connectivity index (χ0v) is 9.89. The van der Waals surface area contributed by atoms with Gasteiger partial charge in [0.1, 0.15) is 0 Å². The molecule has 0 aromatic heterocycles. The molecule has 1 aromatic carbocycles. The lowest BCUT2D eigenvalue weighted by molar-refractivity contribution is -0.116. The van der Waals surface area contributed by atoms with Crippen molar-refractivity contribution >= 4 is 5.78 Å². The van der Waals surface area contributed by atoms with E-state index in [9.17, 15) is 9.90 Å². The number of hydrogen-bond acceptors (Lipinski definition) is 2. The van der Waals surface area contributed by atoms with Crippen LogP contribution >= 0.6 is 0 Å². The van der Waals surface area contributed by atoms with Gasteiger partial charge >= 0.3 is 0 Å². The molecule has 2 rings (SSSR count). The summed E-state index contributed by atoms with van der Waals surface area (Å²) in [7, 11) is 0. The van der Waals surface area contributed by atoms with E-state index < -0.39 is 6.10 Å². The third-order valence-electron chi connectivity index (χ3n) is 3.27. The minimum Gasteiger partial charge on any atom is -0.388 e. The van der Waals surface area contributed by atoms with Gasteiger partial charge in [0.05, 0.1) is 6.10 Å². The summed E-state index contributed by atoms with van der Waals surface area (Å²) in [4.78, 5) is 11.4. The van der Waals surface area contributed by atoms with Gasteiger partial charge in [-0.15, -0.1) is 0 Å². The van der Waals surface area contributed by atoms with Gasteiger partial charge in [-0.1, -0.05) is 36.9 Å². The highest BCUT2D eigenvalue weighted by molar-refractivity contribution is 5.92. The van der Waals surface area contributed by atoms with Gasteiger partial charge in [0, 0.05) is 12.3 Å². The quantitative estimate of drug-likeness (QED) is 0.845. The van der Waals surface area contributed by atoms with Crippen molar-refractivity contribution in [1.82, 2.24) is 0 Å². The molecular formula is C15H16O2. The maximum atomic E-state index is 11.4. The first-order valence-electron chi connectivity index (χ1n) is 5.73. The van der Waals surface area contributed by atoms with Crippen LogP contribution in [-0.2, 0) is 4.79 Å². The van der Waals surface area contributed by atoms with Crippen LogP contribution in [0.25, 0.3) is 0 Å². The molecule has 0 saturated carbocycles. The third-order valence-corrected chi connectivity index (χ3v) is 3.27. The topological polar surface area (TPSA) is 37.3 Å². The number of rotatable bonds is 2. The zero-order valence-electron chi connectivity index (χ0n) is 9.89. The van der Waals surface area contributed by atoms with E-state index in [-0.39, 0.29) is 11.7 Å². The summed E-state index contributed by atoms with van der Waals surface area (Å²) in [5, 5.41) is 10.4. The Labute approximate surface area is 101 Å². The predicted molar refractivity (Wildman–Crippen MR) is 67.5 cm³/mol. The molecular weight excluding hydrogens is 212 g/mol. The van der Waals surface area contributed by atoms with Crippen LogP contribution in [0.3, 0.4) is 0 Å². The summed E-state index contributed by atoms with van der Waals surface area (Å²) in [6.07, 6.45) is 2.92. The summed E-state index contributed by atoms with van der Waals surface area (Å²) < 4.78 is 0. The van der Waals surface area contributed by atoms with Crippen molar-refractivity contribution in [3.63, 3.8) is 0 Å². The molecule has 0 heterocycles. The van der Waals surface area contributed by atoms with Crippen LogP contribution in [0.2, 0.25) is 0 Å². The van der Waals surface area contributed by atoms with E-state index in [0.717, 1.165) is 16.7 Å². The standard InChI is InChI=1S/C15H16O2/c1-10-5-3-4-6-13(10)15(17)14-9-12(16)8-7-11(14)2/h3-8,14-15,17H,2,9H2,1H3/t14-,15+/m0/s1. The molecule has 0 spiro atoms. The van der Waals surface area contributed by atoms with Gasteiger partial charge < -0.3 is 5.11 Å². The molecule has 0 fully saturated rings.